The van der Waals surface area contributed by atoms with Crippen molar-refractivity contribution in [3.05, 3.63) is 57.8 Å². The van der Waals surface area contributed by atoms with Crippen LogP contribution in [0.15, 0.2) is 41.5 Å². The lowest BCUT2D eigenvalue weighted by atomic mass is 9.93. The van der Waals surface area contributed by atoms with Crippen molar-refractivity contribution >= 4 is 41.8 Å². The number of carbonyl (C=O) groups excluding carboxylic acids is 1. The van der Waals surface area contributed by atoms with Gasteiger partial charge in [-0.15, -0.1) is 11.3 Å². The fourth-order valence-corrected chi connectivity index (χ4v) is 4.41. The van der Waals surface area contributed by atoms with Crippen LogP contribution in [0.25, 0.3) is 6.08 Å². The molecule has 2 atom stereocenters. The SMILES string of the molecule is O=C(C1CC1)C(c1ccccc1F)N1CCC(S)C(=Cc2cncs2)C1.O=C(O)C(F)(F)F. The zero-order valence-electron chi connectivity index (χ0n) is 17.3. The van der Waals surface area contributed by atoms with Gasteiger partial charge in [-0.1, -0.05) is 18.2 Å². The van der Waals surface area contributed by atoms with Crippen molar-refractivity contribution in [1.29, 1.82) is 0 Å². The molecule has 2 fully saturated rings. The van der Waals surface area contributed by atoms with Crippen LogP contribution < -0.4 is 0 Å². The number of rotatable bonds is 5. The van der Waals surface area contributed by atoms with Crippen molar-refractivity contribution in [1.82, 2.24) is 9.88 Å². The highest BCUT2D eigenvalue weighted by Crippen LogP contribution is 2.39. The van der Waals surface area contributed by atoms with E-state index in [1.165, 1.54) is 6.07 Å². The average molecular weight is 503 g/mol. The van der Waals surface area contributed by atoms with E-state index in [1.54, 1.807) is 29.0 Å². The van der Waals surface area contributed by atoms with Gasteiger partial charge in [-0.05, 0) is 37.0 Å². The van der Waals surface area contributed by atoms with E-state index in [9.17, 15) is 22.4 Å². The van der Waals surface area contributed by atoms with Crippen LogP contribution in [-0.4, -0.2) is 51.3 Å². The number of halogens is 4. The number of thiazole rings is 1. The Kier molecular flexibility index (Phi) is 8.30. The number of ketones is 1. The molecular weight excluding hydrogens is 480 g/mol. The molecule has 1 aliphatic heterocycles. The first-order valence-corrected chi connectivity index (χ1v) is 11.6. The highest BCUT2D eigenvalue weighted by Gasteiger charge is 2.41. The van der Waals surface area contributed by atoms with Crippen LogP contribution in [0.4, 0.5) is 17.6 Å². The molecule has 1 aromatic carbocycles. The zero-order valence-corrected chi connectivity index (χ0v) is 19.0. The Labute approximate surface area is 197 Å². The van der Waals surface area contributed by atoms with Gasteiger partial charge in [0.2, 0.25) is 0 Å². The number of Topliss-reactive ketones (excluding diaryl/α,β-unsaturated/α-hetero) is 1. The molecule has 2 unspecified atom stereocenters. The molecule has 5 nitrogen and oxygen atoms in total. The molecule has 2 aromatic rings. The number of likely N-dealkylation sites (tertiary alicyclic amines) is 1. The molecule has 2 aliphatic rings. The summed E-state index contributed by atoms with van der Waals surface area (Å²) >= 11 is 6.30. The predicted octanol–water partition coefficient (Wildman–Crippen LogP) is 5.02. The quantitative estimate of drug-likeness (QED) is 0.444. The van der Waals surface area contributed by atoms with E-state index < -0.39 is 18.2 Å². The topological polar surface area (TPSA) is 70.5 Å². The summed E-state index contributed by atoms with van der Waals surface area (Å²) in [6.45, 7) is 1.37. The van der Waals surface area contributed by atoms with Gasteiger partial charge in [0.1, 0.15) is 5.82 Å². The molecule has 0 radical (unpaired) electrons. The lowest BCUT2D eigenvalue weighted by Gasteiger charge is -2.37. The van der Waals surface area contributed by atoms with Gasteiger partial charge in [0, 0.05) is 40.9 Å². The second-order valence-corrected chi connectivity index (χ2v) is 9.34. The van der Waals surface area contributed by atoms with Crippen molar-refractivity contribution in [2.75, 3.05) is 13.1 Å². The zero-order chi connectivity index (χ0) is 24.2. The molecule has 1 N–H and O–H groups in total. The third-order valence-corrected chi connectivity index (χ3v) is 6.65. The number of carbonyl (C=O) groups is 2. The van der Waals surface area contributed by atoms with Crippen LogP contribution in [0.5, 0.6) is 0 Å². The summed E-state index contributed by atoms with van der Waals surface area (Å²) in [6, 6.07) is 6.17. The standard InChI is InChI=1S/C20H21FN2OS2.C2HF3O2/c21-17-4-2-1-3-16(17)19(20(24)13-5-6-13)23-8-7-18(25)14(11-23)9-15-10-22-12-26-15;3-2(4,5)1(6)7/h1-4,9-10,12-13,18-19,25H,5-8,11H2;(H,6,7). The van der Waals surface area contributed by atoms with E-state index in [-0.39, 0.29) is 22.8 Å². The fraction of sp³-hybridized carbons (Fsp3) is 0.409. The lowest BCUT2D eigenvalue weighted by molar-refractivity contribution is -0.192. The number of aromatic nitrogens is 1. The van der Waals surface area contributed by atoms with Gasteiger partial charge in [-0.25, -0.2) is 9.18 Å². The summed E-state index contributed by atoms with van der Waals surface area (Å²) in [6.07, 6.45) is 1.56. The van der Waals surface area contributed by atoms with Crippen molar-refractivity contribution in [3.63, 3.8) is 0 Å². The summed E-state index contributed by atoms with van der Waals surface area (Å²) in [5.74, 6) is -2.81. The maximum Gasteiger partial charge on any atom is 0.490 e. The summed E-state index contributed by atoms with van der Waals surface area (Å²) < 4.78 is 46.2. The molecule has 2 heterocycles. The third-order valence-electron chi connectivity index (χ3n) is 5.34. The molecule has 11 heteroatoms. The Hall–Kier alpha value is -2.24. The largest absolute Gasteiger partial charge is 0.490 e. The predicted molar refractivity (Wildman–Crippen MR) is 120 cm³/mol. The van der Waals surface area contributed by atoms with Gasteiger partial charge in [0.25, 0.3) is 0 Å². The number of carboxylic acid groups (broad SMARTS) is 1. The number of benzene rings is 1. The number of hydrogen-bond acceptors (Lipinski definition) is 6. The van der Waals surface area contributed by atoms with E-state index in [2.05, 4.69) is 16.0 Å². The van der Waals surface area contributed by atoms with Crippen LogP contribution in [0.1, 0.15) is 35.7 Å². The van der Waals surface area contributed by atoms with Gasteiger partial charge in [-0.2, -0.15) is 25.8 Å². The van der Waals surface area contributed by atoms with Crippen LogP contribution >= 0.6 is 24.0 Å². The highest BCUT2D eigenvalue weighted by atomic mass is 32.1. The minimum absolute atomic E-state index is 0.0854. The molecule has 4 rings (SSSR count). The normalized spacial score (nSPS) is 21.2. The molecular formula is C22H22F4N2O3S2. The molecule has 0 spiro atoms. The summed E-state index contributed by atoms with van der Waals surface area (Å²) in [7, 11) is 0. The van der Waals surface area contributed by atoms with Gasteiger partial charge in [-0.3, -0.25) is 14.7 Å². The average Bonchev–Trinajstić information content (AvgIpc) is 3.48. The number of alkyl halides is 3. The minimum atomic E-state index is -5.08. The Morgan fingerprint density at radius 1 is 1.24 bits per heavy atom. The van der Waals surface area contributed by atoms with Crippen LogP contribution in [0.2, 0.25) is 0 Å². The second-order valence-electron chi connectivity index (χ2n) is 7.80. The number of aliphatic carboxylic acids is 1. The summed E-state index contributed by atoms with van der Waals surface area (Å²) in [5.41, 5.74) is 3.46. The van der Waals surface area contributed by atoms with Crippen molar-refractivity contribution < 1.29 is 32.3 Å². The first-order valence-electron chi connectivity index (χ1n) is 10.2. The lowest BCUT2D eigenvalue weighted by Crippen LogP contribution is -2.42. The molecule has 178 valence electrons. The van der Waals surface area contributed by atoms with Gasteiger partial charge >= 0.3 is 12.1 Å². The number of thiol groups is 1. The maximum absolute atomic E-state index is 14.5. The Morgan fingerprint density at radius 3 is 2.45 bits per heavy atom. The van der Waals surface area contributed by atoms with E-state index in [0.29, 0.717) is 12.1 Å². The summed E-state index contributed by atoms with van der Waals surface area (Å²) in [5, 5.41) is 7.28. The van der Waals surface area contributed by atoms with E-state index in [4.69, 9.17) is 22.5 Å². The van der Waals surface area contributed by atoms with Gasteiger partial charge in [0.15, 0.2) is 5.78 Å². The van der Waals surface area contributed by atoms with Crippen LogP contribution in [-0.2, 0) is 9.59 Å². The number of piperidine rings is 1. The molecule has 0 bridgehead atoms. The van der Waals surface area contributed by atoms with Gasteiger partial charge in [0.05, 0.1) is 11.6 Å². The van der Waals surface area contributed by atoms with E-state index in [0.717, 1.165) is 36.3 Å². The molecule has 33 heavy (non-hydrogen) atoms. The van der Waals surface area contributed by atoms with E-state index in [1.807, 2.05) is 12.3 Å². The summed E-state index contributed by atoms with van der Waals surface area (Å²) in [4.78, 5) is 29.2. The highest BCUT2D eigenvalue weighted by molar-refractivity contribution is 7.81. The van der Waals surface area contributed by atoms with Crippen molar-refractivity contribution in [2.45, 2.75) is 36.7 Å². The van der Waals surface area contributed by atoms with Crippen LogP contribution in [0.3, 0.4) is 0 Å². The Bertz CT molecular complexity index is 1010. The van der Waals surface area contributed by atoms with E-state index >= 15 is 0 Å². The number of nitrogens with zero attached hydrogens (tertiary/aromatic N) is 2. The fourth-order valence-electron chi connectivity index (χ4n) is 3.55. The molecule has 1 aliphatic carbocycles. The van der Waals surface area contributed by atoms with Crippen LogP contribution in [0, 0.1) is 11.7 Å². The molecule has 1 aromatic heterocycles. The smallest absolute Gasteiger partial charge is 0.475 e. The maximum atomic E-state index is 14.5. The number of carboxylic acids is 1. The first-order chi connectivity index (χ1) is 15.6. The van der Waals surface area contributed by atoms with Gasteiger partial charge < -0.3 is 5.11 Å². The number of hydrogen-bond donors (Lipinski definition) is 2. The third kappa shape index (κ3) is 6.87. The first kappa shape index (κ1) is 25.4. The van der Waals surface area contributed by atoms with Crippen molar-refractivity contribution in [2.24, 2.45) is 5.92 Å². The molecule has 0 amide bonds. The monoisotopic (exact) mass is 502 g/mol. The molecule has 1 saturated carbocycles. The minimum Gasteiger partial charge on any atom is -0.475 e. The Morgan fingerprint density at radius 2 is 1.91 bits per heavy atom. The molecule has 1 saturated heterocycles. The van der Waals surface area contributed by atoms with Crippen molar-refractivity contribution in [3.8, 4) is 0 Å². The Balaban J connectivity index is 0.000000383. The second kappa shape index (κ2) is 10.8.